The second kappa shape index (κ2) is 9.07. The smallest absolute Gasteiger partial charge is 0.211 e. The summed E-state index contributed by atoms with van der Waals surface area (Å²) in [6.07, 6.45) is 1.31. The van der Waals surface area contributed by atoms with Crippen LogP contribution in [0.1, 0.15) is 12.5 Å². The molecule has 0 unspecified atom stereocenters. The molecule has 0 spiro atoms. The predicted octanol–water partition coefficient (Wildman–Crippen LogP) is 4.43. The molecule has 0 aliphatic heterocycles. The van der Waals surface area contributed by atoms with Crippen LogP contribution in [0, 0.1) is 5.82 Å². The van der Waals surface area contributed by atoms with Gasteiger partial charge in [0.15, 0.2) is 0 Å². The number of nitrogens with zero attached hydrogens (tertiary/aromatic N) is 1. The van der Waals surface area contributed by atoms with Crippen molar-refractivity contribution in [3.05, 3.63) is 94.5 Å². The third kappa shape index (κ3) is 4.47. The number of sulfone groups is 1. The van der Waals surface area contributed by atoms with Crippen molar-refractivity contribution < 1.29 is 22.3 Å². The summed E-state index contributed by atoms with van der Waals surface area (Å²) >= 11 is 0. The first-order chi connectivity index (χ1) is 15.8. The van der Waals surface area contributed by atoms with E-state index in [4.69, 9.17) is 9.47 Å². The molecule has 1 aromatic heterocycles. The average Bonchev–Trinajstić information content (AvgIpc) is 2.81. The second-order valence-corrected chi connectivity index (χ2v) is 9.29. The Morgan fingerprint density at radius 2 is 1.73 bits per heavy atom. The number of aromatic nitrogens is 1. The molecule has 0 atom stereocenters. The molecule has 4 aromatic rings. The minimum absolute atomic E-state index is 0.00934. The Morgan fingerprint density at radius 3 is 2.42 bits per heavy atom. The topological polar surface area (TPSA) is 74.6 Å². The number of hydrogen-bond donors (Lipinski definition) is 0. The fraction of sp³-hybridized carbons (Fsp3) is 0.160. The summed E-state index contributed by atoms with van der Waals surface area (Å²) in [4.78, 5) is 12.7. The quantitative estimate of drug-likeness (QED) is 0.402. The maximum atomic E-state index is 14.0. The van der Waals surface area contributed by atoms with Crippen LogP contribution in [0.25, 0.3) is 10.9 Å². The summed E-state index contributed by atoms with van der Waals surface area (Å²) in [5.41, 5.74) is 0.503. The first-order valence-electron chi connectivity index (χ1n) is 10.3. The van der Waals surface area contributed by atoms with E-state index < -0.39 is 26.0 Å². The summed E-state index contributed by atoms with van der Waals surface area (Å²) in [7, 11) is -2.62. The molecule has 0 saturated carbocycles. The lowest BCUT2D eigenvalue weighted by molar-refractivity contribution is 0.340. The SMILES string of the molecule is CCOc1ccc(S(=O)(=O)c2cn(Cc3cccc(OC)c3)c3ccc(F)cc3c2=O)cc1. The molecule has 1 heterocycles. The summed E-state index contributed by atoms with van der Waals surface area (Å²) < 4.78 is 53.1. The maximum Gasteiger partial charge on any atom is 0.211 e. The Bertz CT molecular complexity index is 1480. The number of ether oxygens (including phenoxy) is 2. The minimum atomic E-state index is -4.17. The molecule has 3 aromatic carbocycles. The third-order valence-corrected chi connectivity index (χ3v) is 6.99. The maximum absolute atomic E-state index is 14.0. The first kappa shape index (κ1) is 22.5. The van der Waals surface area contributed by atoms with Gasteiger partial charge in [0.1, 0.15) is 22.2 Å². The molecule has 0 aliphatic carbocycles. The molecule has 0 fully saturated rings. The van der Waals surface area contributed by atoms with Crippen LogP contribution < -0.4 is 14.9 Å². The number of fused-ring (bicyclic) bond motifs is 1. The molecule has 8 heteroatoms. The van der Waals surface area contributed by atoms with Crippen molar-refractivity contribution in [3.8, 4) is 11.5 Å². The van der Waals surface area contributed by atoms with Gasteiger partial charge < -0.3 is 14.0 Å². The van der Waals surface area contributed by atoms with Gasteiger partial charge in [-0.3, -0.25) is 4.79 Å². The largest absolute Gasteiger partial charge is 0.497 e. The number of rotatable bonds is 7. The molecule has 4 rings (SSSR count). The van der Waals surface area contributed by atoms with Crippen LogP contribution in [-0.4, -0.2) is 26.7 Å². The van der Waals surface area contributed by atoms with Gasteiger partial charge in [-0.15, -0.1) is 0 Å². The zero-order valence-electron chi connectivity index (χ0n) is 18.1. The highest BCUT2D eigenvalue weighted by Gasteiger charge is 2.24. The van der Waals surface area contributed by atoms with Gasteiger partial charge in [0.25, 0.3) is 0 Å². The average molecular weight is 468 g/mol. The minimum Gasteiger partial charge on any atom is -0.497 e. The molecular formula is C25H22FNO5S. The van der Waals surface area contributed by atoms with E-state index in [0.29, 0.717) is 23.6 Å². The predicted molar refractivity (Wildman–Crippen MR) is 123 cm³/mol. The Morgan fingerprint density at radius 1 is 0.970 bits per heavy atom. The van der Waals surface area contributed by atoms with Crippen molar-refractivity contribution >= 4 is 20.7 Å². The van der Waals surface area contributed by atoms with Gasteiger partial charge in [0, 0.05) is 18.1 Å². The summed E-state index contributed by atoms with van der Waals surface area (Å²) in [5, 5.41) is -0.00934. The van der Waals surface area contributed by atoms with Crippen LogP contribution in [0.4, 0.5) is 4.39 Å². The van der Waals surface area contributed by atoms with Crippen molar-refractivity contribution in [2.45, 2.75) is 23.3 Å². The molecule has 0 bridgehead atoms. The molecule has 0 saturated heterocycles. The highest BCUT2D eigenvalue weighted by Crippen LogP contribution is 2.25. The number of halogens is 1. The number of benzene rings is 3. The van der Waals surface area contributed by atoms with Crippen LogP contribution in [0.15, 0.2) is 87.5 Å². The van der Waals surface area contributed by atoms with Crippen molar-refractivity contribution in [2.24, 2.45) is 0 Å². The van der Waals surface area contributed by atoms with Crippen LogP contribution in [0.3, 0.4) is 0 Å². The van der Waals surface area contributed by atoms with Gasteiger partial charge in [-0.2, -0.15) is 0 Å². The molecular weight excluding hydrogens is 445 g/mol. The number of hydrogen-bond acceptors (Lipinski definition) is 5. The lowest BCUT2D eigenvalue weighted by atomic mass is 10.1. The van der Waals surface area contributed by atoms with Gasteiger partial charge in [-0.05, 0) is 67.1 Å². The highest BCUT2D eigenvalue weighted by molar-refractivity contribution is 7.91. The van der Waals surface area contributed by atoms with Crippen molar-refractivity contribution in [1.29, 1.82) is 0 Å². The Hall–Kier alpha value is -3.65. The standard InChI is InChI=1S/C25H22FNO5S/c1-3-32-19-8-10-21(11-9-19)33(29,30)24-16-27(15-17-5-4-6-20(13-17)31-2)23-12-7-18(26)14-22(23)25(24)28/h4-14,16H,3,15H2,1-2H3. The summed E-state index contributed by atoms with van der Waals surface area (Å²) in [5.74, 6) is 0.543. The molecule has 0 N–H and O–H groups in total. The van der Waals surface area contributed by atoms with Gasteiger partial charge >= 0.3 is 0 Å². The van der Waals surface area contributed by atoms with Crippen LogP contribution >= 0.6 is 0 Å². The zero-order chi connectivity index (χ0) is 23.6. The van der Waals surface area contributed by atoms with Crippen LogP contribution in [0.2, 0.25) is 0 Å². The van der Waals surface area contributed by atoms with Gasteiger partial charge in [-0.25, -0.2) is 12.8 Å². The zero-order valence-corrected chi connectivity index (χ0v) is 18.9. The number of methoxy groups -OCH3 is 1. The van der Waals surface area contributed by atoms with E-state index in [1.807, 2.05) is 25.1 Å². The lowest BCUT2D eigenvalue weighted by Crippen LogP contribution is -2.20. The van der Waals surface area contributed by atoms with Gasteiger partial charge in [0.05, 0.1) is 24.1 Å². The van der Waals surface area contributed by atoms with Crippen LogP contribution in [-0.2, 0) is 16.4 Å². The first-order valence-corrected chi connectivity index (χ1v) is 11.8. The van der Waals surface area contributed by atoms with Crippen molar-refractivity contribution in [1.82, 2.24) is 4.57 Å². The second-order valence-electron chi connectivity index (χ2n) is 7.37. The van der Waals surface area contributed by atoms with Gasteiger partial charge in [-0.1, -0.05) is 12.1 Å². The summed E-state index contributed by atoms with van der Waals surface area (Å²) in [6, 6.07) is 16.9. The molecule has 0 amide bonds. The van der Waals surface area contributed by atoms with Crippen molar-refractivity contribution in [3.63, 3.8) is 0 Å². The van der Waals surface area contributed by atoms with E-state index in [-0.39, 0.29) is 16.8 Å². The Balaban J connectivity index is 1.89. The fourth-order valence-electron chi connectivity index (χ4n) is 3.64. The van der Waals surface area contributed by atoms with E-state index in [0.717, 1.165) is 11.6 Å². The molecule has 6 nitrogen and oxygen atoms in total. The van der Waals surface area contributed by atoms with E-state index >= 15 is 0 Å². The number of pyridine rings is 1. The Kier molecular flexibility index (Phi) is 6.20. The van der Waals surface area contributed by atoms with E-state index in [1.54, 1.807) is 17.7 Å². The van der Waals surface area contributed by atoms with E-state index in [9.17, 15) is 17.6 Å². The Labute approximate surface area is 190 Å². The normalized spacial score (nSPS) is 11.5. The molecule has 170 valence electrons. The molecule has 0 radical (unpaired) electrons. The van der Waals surface area contributed by atoms with Crippen LogP contribution in [0.5, 0.6) is 11.5 Å². The molecule has 33 heavy (non-hydrogen) atoms. The van der Waals surface area contributed by atoms with Gasteiger partial charge in [0.2, 0.25) is 15.3 Å². The lowest BCUT2D eigenvalue weighted by Gasteiger charge is -2.15. The monoisotopic (exact) mass is 467 g/mol. The fourth-order valence-corrected chi connectivity index (χ4v) is 5.01. The van der Waals surface area contributed by atoms with E-state index in [2.05, 4.69) is 0 Å². The van der Waals surface area contributed by atoms with Crippen molar-refractivity contribution in [2.75, 3.05) is 13.7 Å². The summed E-state index contributed by atoms with van der Waals surface area (Å²) in [6.45, 7) is 2.52. The van der Waals surface area contributed by atoms with E-state index in [1.165, 1.54) is 42.6 Å². The highest BCUT2D eigenvalue weighted by atomic mass is 32.2. The third-order valence-electron chi connectivity index (χ3n) is 5.23. The molecule has 0 aliphatic rings.